The lowest BCUT2D eigenvalue weighted by Crippen LogP contribution is -2.62. The molecule has 0 aromatic rings. The first-order chi connectivity index (χ1) is 6.08. The Morgan fingerprint density at radius 1 is 1.46 bits per heavy atom. The van der Waals surface area contributed by atoms with Gasteiger partial charge in [-0.15, -0.1) is 0 Å². The highest BCUT2D eigenvalue weighted by Crippen LogP contribution is 2.37. The molecule has 2 nitrogen and oxygen atoms in total. The molecule has 0 aliphatic carbocycles. The van der Waals surface area contributed by atoms with Crippen LogP contribution >= 0.6 is 11.8 Å². The predicted octanol–water partition coefficient (Wildman–Crippen LogP) is 1.76. The maximum Gasteiger partial charge on any atom is 0.0829 e. The number of hydrogen-bond acceptors (Lipinski definition) is 3. The van der Waals surface area contributed by atoms with E-state index >= 15 is 0 Å². The summed E-state index contributed by atoms with van der Waals surface area (Å²) in [7, 11) is 0. The predicted molar refractivity (Wildman–Crippen MR) is 59.0 cm³/mol. The third kappa shape index (κ3) is 2.03. The molecule has 78 valence electrons. The summed E-state index contributed by atoms with van der Waals surface area (Å²) < 4.78 is 0. The van der Waals surface area contributed by atoms with E-state index in [1.807, 2.05) is 25.6 Å². The number of thioether (sulfide) groups is 1. The molecule has 1 atom stereocenters. The maximum absolute atomic E-state index is 10.4. The molecular weight excluding hydrogens is 182 g/mol. The first-order valence-electron chi connectivity index (χ1n) is 5.17. The molecular formula is C10H21NOS. The van der Waals surface area contributed by atoms with Crippen LogP contribution in [0.5, 0.6) is 0 Å². The van der Waals surface area contributed by atoms with Crippen molar-refractivity contribution in [2.45, 2.75) is 50.7 Å². The van der Waals surface area contributed by atoms with Gasteiger partial charge in [0.2, 0.25) is 0 Å². The molecule has 0 aromatic carbocycles. The molecule has 0 amide bonds. The van der Waals surface area contributed by atoms with Crippen LogP contribution < -0.4 is 5.73 Å². The monoisotopic (exact) mass is 203 g/mol. The van der Waals surface area contributed by atoms with Gasteiger partial charge in [-0.1, -0.05) is 13.8 Å². The van der Waals surface area contributed by atoms with Gasteiger partial charge in [-0.2, -0.15) is 11.8 Å². The molecule has 1 saturated heterocycles. The van der Waals surface area contributed by atoms with Gasteiger partial charge in [-0.25, -0.2) is 0 Å². The highest BCUT2D eigenvalue weighted by atomic mass is 32.2. The minimum absolute atomic E-state index is 0.348. The zero-order valence-corrected chi connectivity index (χ0v) is 9.49. The van der Waals surface area contributed by atoms with Gasteiger partial charge in [-0.05, 0) is 31.4 Å². The molecule has 1 unspecified atom stereocenters. The van der Waals surface area contributed by atoms with Gasteiger partial charge in [0.15, 0.2) is 0 Å². The number of nitrogens with two attached hydrogens (primary N) is 1. The summed E-state index contributed by atoms with van der Waals surface area (Å²) in [6.07, 6.45) is 3.64. The zero-order chi connectivity index (χ0) is 9.95. The van der Waals surface area contributed by atoms with E-state index in [0.717, 1.165) is 31.4 Å². The second kappa shape index (κ2) is 4.20. The Kier molecular flexibility index (Phi) is 3.66. The van der Waals surface area contributed by atoms with Gasteiger partial charge >= 0.3 is 0 Å². The lowest BCUT2D eigenvalue weighted by molar-refractivity contribution is -0.0380. The summed E-state index contributed by atoms with van der Waals surface area (Å²) in [5.41, 5.74) is 5.29. The van der Waals surface area contributed by atoms with E-state index in [-0.39, 0.29) is 5.54 Å². The van der Waals surface area contributed by atoms with Gasteiger partial charge < -0.3 is 10.8 Å². The third-order valence-electron chi connectivity index (χ3n) is 3.37. The van der Waals surface area contributed by atoms with Crippen LogP contribution in [0.3, 0.4) is 0 Å². The van der Waals surface area contributed by atoms with Crippen LogP contribution in [-0.2, 0) is 0 Å². The van der Waals surface area contributed by atoms with E-state index in [2.05, 4.69) is 0 Å². The van der Waals surface area contributed by atoms with E-state index in [4.69, 9.17) is 5.73 Å². The van der Waals surface area contributed by atoms with Gasteiger partial charge in [0.05, 0.1) is 11.1 Å². The smallest absolute Gasteiger partial charge is 0.0829 e. The second-order valence-corrected chi connectivity index (χ2v) is 5.16. The van der Waals surface area contributed by atoms with Gasteiger partial charge in [0.25, 0.3) is 0 Å². The van der Waals surface area contributed by atoms with Crippen molar-refractivity contribution in [1.82, 2.24) is 0 Å². The Balaban J connectivity index is 2.74. The fraction of sp³-hybridized carbons (Fsp3) is 1.00. The van der Waals surface area contributed by atoms with Crippen molar-refractivity contribution in [3.8, 4) is 0 Å². The Morgan fingerprint density at radius 2 is 2.08 bits per heavy atom. The Hall–Kier alpha value is 0.270. The van der Waals surface area contributed by atoms with Crippen LogP contribution in [-0.4, -0.2) is 27.8 Å². The lowest BCUT2D eigenvalue weighted by atomic mass is 9.75. The summed E-state index contributed by atoms with van der Waals surface area (Å²) in [5, 5.41) is 10.4. The minimum atomic E-state index is -0.652. The molecule has 3 N–H and O–H groups in total. The molecule has 1 rings (SSSR count). The van der Waals surface area contributed by atoms with Crippen molar-refractivity contribution in [3.05, 3.63) is 0 Å². The molecule has 13 heavy (non-hydrogen) atoms. The summed E-state index contributed by atoms with van der Waals surface area (Å²) in [6.45, 7) is 4.05. The number of hydrogen-bond donors (Lipinski definition) is 2. The molecule has 0 aromatic heterocycles. The summed E-state index contributed by atoms with van der Waals surface area (Å²) >= 11 is 1.87. The van der Waals surface area contributed by atoms with E-state index < -0.39 is 5.60 Å². The van der Waals surface area contributed by atoms with Crippen LogP contribution in [0.1, 0.15) is 39.5 Å². The van der Waals surface area contributed by atoms with Gasteiger partial charge in [0, 0.05) is 5.75 Å². The first kappa shape index (κ1) is 11.3. The van der Waals surface area contributed by atoms with Crippen molar-refractivity contribution >= 4 is 11.8 Å². The molecule has 0 spiro atoms. The summed E-state index contributed by atoms with van der Waals surface area (Å²) in [6, 6.07) is 0. The van der Waals surface area contributed by atoms with Crippen molar-refractivity contribution in [2.24, 2.45) is 5.73 Å². The fourth-order valence-corrected chi connectivity index (χ4v) is 3.41. The molecule has 1 fully saturated rings. The molecule has 1 aliphatic rings. The number of aliphatic hydroxyl groups is 1. The lowest BCUT2D eigenvalue weighted by Gasteiger charge is -2.46. The van der Waals surface area contributed by atoms with Gasteiger partial charge in [0.1, 0.15) is 0 Å². The Labute approximate surface area is 85.3 Å². The zero-order valence-electron chi connectivity index (χ0n) is 8.68. The molecule has 0 bridgehead atoms. The minimum Gasteiger partial charge on any atom is -0.388 e. The van der Waals surface area contributed by atoms with Crippen LogP contribution in [0, 0.1) is 0 Å². The molecule has 3 heteroatoms. The normalized spacial score (nSPS) is 30.5. The van der Waals surface area contributed by atoms with Crippen LogP contribution in [0.2, 0.25) is 0 Å². The molecule has 1 heterocycles. The van der Waals surface area contributed by atoms with E-state index in [9.17, 15) is 5.11 Å². The van der Waals surface area contributed by atoms with Crippen LogP contribution in [0.25, 0.3) is 0 Å². The van der Waals surface area contributed by atoms with Crippen molar-refractivity contribution in [3.63, 3.8) is 0 Å². The second-order valence-electron chi connectivity index (χ2n) is 4.05. The summed E-state index contributed by atoms with van der Waals surface area (Å²) in [4.78, 5) is 0. The highest BCUT2D eigenvalue weighted by molar-refractivity contribution is 7.99. The molecule has 1 aliphatic heterocycles. The maximum atomic E-state index is 10.4. The fourth-order valence-electron chi connectivity index (χ4n) is 2.14. The van der Waals surface area contributed by atoms with Crippen molar-refractivity contribution < 1.29 is 5.11 Å². The molecule has 0 saturated carbocycles. The SMILES string of the molecule is CCC(O)(CC)C1(N)CCCSC1. The first-order valence-corrected chi connectivity index (χ1v) is 6.32. The quantitative estimate of drug-likeness (QED) is 0.735. The summed E-state index contributed by atoms with van der Waals surface area (Å²) in [5.74, 6) is 2.10. The Bertz CT molecular complexity index is 162. The van der Waals surface area contributed by atoms with Crippen LogP contribution in [0.15, 0.2) is 0 Å². The van der Waals surface area contributed by atoms with E-state index in [1.54, 1.807) is 0 Å². The van der Waals surface area contributed by atoms with Gasteiger partial charge in [-0.3, -0.25) is 0 Å². The molecule has 0 radical (unpaired) electrons. The average molecular weight is 203 g/mol. The van der Waals surface area contributed by atoms with E-state index in [0.29, 0.717) is 0 Å². The van der Waals surface area contributed by atoms with Crippen molar-refractivity contribution in [1.29, 1.82) is 0 Å². The standard InChI is InChI=1S/C10H21NOS/c1-3-10(12,4-2)9(11)6-5-7-13-8-9/h12H,3-8,11H2,1-2H3. The topological polar surface area (TPSA) is 46.2 Å². The van der Waals surface area contributed by atoms with Crippen LogP contribution in [0.4, 0.5) is 0 Å². The average Bonchev–Trinajstić information content (AvgIpc) is 2.17. The third-order valence-corrected chi connectivity index (χ3v) is 4.66. The van der Waals surface area contributed by atoms with Crippen molar-refractivity contribution in [2.75, 3.05) is 11.5 Å². The Morgan fingerprint density at radius 3 is 2.46 bits per heavy atom. The largest absolute Gasteiger partial charge is 0.388 e. The van der Waals surface area contributed by atoms with E-state index in [1.165, 1.54) is 5.75 Å². The number of rotatable bonds is 3. The highest BCUT2D eigenvalue weighted by Gasteiger charge is 2.45.